The van der Waals surface area contributed by atoms with Gasteiger partial charge < -0.3 is 15.5 Å². The maximum atomic E-state index is 13.9. The van der Waals surface area contributed by atoms with Gasteiger partial charge in [-0.05, 0) is 26.2 Å². The molecule has 0 atom stereocenters. The molecule has 112 valence electrons. The first-order chi connectivity index (χ1) is 9.49. The topological polar surface area (TPSA) is 35.7 Å². The molecule has 1 aliphatic heterocycles. The van der Waals surface area contributed by atoms with Crippen LogP contribution in [0.15, 0.2) is 12.1 Å². The zero-order valence-corrected chi connectivity index (χ0v) is 12.1. The molecule has 0 amide bonds. The minimum atomic E-state index is -0.843. The van der Waals surface area contributed by atoms with Gasteiger partial charge in [0.1, 0.15) is 0 Å². The number of hydrogen-bond donors (Lipinski definition) is 1. The Labute approximate surface area is 118 Å². The van der Waals surface area contributed by atoms with Crippen LogP contribution in [0.25, 0.3) is 0 Å². The van der Waals surface area contributed by atoms with E-state index in [1.165, 1.54) is 6.07 Å². The van der Waals surface area contributed by atoms with Gasteiger partial charge in [-0.2, -0.15) is 0 Å². The van der Waals surface area contributed by atoms with Crippen LogP contribution in [-0.4, -0.2) is 63.2 Å². The van der Waals surface area contributed by atoms with E-state index in [1.807, 2.05) is 19.0 Å². The van der Waals surface area contributed by atoms with Gasteiger partial charge in [0.05, 0.1) is 11.4 Å². The molecule has 1 aromatic rings. The van der Waals surface area contributed by atoms with E-state index in [0.29, 0.717) is 18.8 Å². The molecule has 0 aliphatic carbocycles. The number of benzene rings is 1. The van der Waals surface area contributed by atoms with Crippen LogP contribution in [0.5, 0.6) is 0 Å². The lowest BCUT2D eigenvalue weighted by molar-refractivity contribution is 0.229. The Morgan fingerprint density at radius 2 is 1.80 bits per heavy atom. The Bertz CT molecular complexity index is 457. The number of piperazine rings is 1. The van der Waals surface area contributed by atoms with E-state index in [-0.39, 0.29) is 5.69 Å². The lowest BCUT2D eigenvalue weighted by Crippen LogP contribution is -2.48. The second-order valence-corrected chi connectivity index (χ2v) is 5.43. The number of nitrogen functional groups attached to an aromatic ring is 1. The molecule has 1 heterocycles. The maximum Gasteiger partial charge on any atom is 0.184 e. The zero-order valence-electron chi connectivity index (χ0n) is 12.1. The van der Waals surface area contributed by atoms with Gasteiger partial charge in [0.25, 0.3) is 0 Å². The van der Waals surface area contributed by atoms with E-state index in [1.54, 1.807) is 0 Å². The quantitative estimate of drug-likeness (QED) is 0.844. The van der Waals surface area contributed by atoms with Crippen molar-refractivity contribution in [2.45, 2.75) is 0 Å². The van der Waals surface area contributed by atoms with Gasteiger partial charge in [-0.15, -0.1) is 0 Å². The minimum absolute atomic E-state index is 0.206. The second kappa shape index (κ2) is 6.37. The summed E-state index contributed by atoms with van der Waals surface area (Å²) in [5, 5.41) is 0. The summed E-state index contributed by atoms with van der Waals surface area (Å²) in [7, 11) is 4.08. The third-order valence-corrected chi connectivity index (χ3v) is 3.65. The van der Waals surface area contributed by atoms with Crippen LogP contribution in [0.2, 0.25) is 0 Å². The molecule has 20 heavy (non-hydrogen) atoms. The fraction of sp³-hybridized carbons (Fsp3) is 0.571. The van der Waals surface area contributed by atoms with Crippen molar-refractivity contribution in [2.24, 2.45) is 0 Å². The van der Waals surface area contributed by atoms with Gasteiger partial charge in [-0.3, -0.25) is 4.90 Å². The summed E-state index contributed by atoms with van der Waals surface area (Å²) in [6, 6.07) is 2.49. The molecule has 0 spiro atoms. The van der Waals surface area contributed by atoms with Gasteiger partial charge in [0.2, 0.25) is 0 Å². The summed E-state index contributed by atoms with van der Waals surface area (Å²) in [5.74, 6) is -1.68. The normalized spacial score (nSPS) is 16.9. The Balaban J connectivity index is 1.99. The SMILES string of the molecule is CN(C)CCN1CCN(c2c(N)ccc(F)c2F)CC1. The predicted molar refractivity (Wildman–Crippen MR) is 78.0 cm³/mol. The summed E-state index contributed by atoms with van der Waals surface area (Å²) >= 11 is 0. The van der Waals surface area contributed by atoms with Crippen molar-refractivity contribution in [2.75, 3.05) is 64.0 Å². The highest BCUT2D eigenvalue weighted by molar-refractivity contribution is 5.68. The first-order valence-corrected chi connectivity index (χ1v) is 6.84. The fourth-order valence-corrected chi connectivity index (χ4v) is 2.41. The van der Waals surface area contributed by atoms with Crippen molar-refractivity contribution in [3.05, 3.63) is 23.8 Å². The van der Waals surface area contributed by atoms with Gasteiger partial charge >= 0.3 is 0 Å². The number of halogens is 2. The molecule has 0 saturated carbocycles. The number of likely N-dealkylation sites (N-methyl/N-ethyl adjacent to an activating group) is 1. The van der Waals surface area contributed by atoms with E-state index in [4.69, 9.17) is 5.73 Å². The number of nitrogens with two attached hydrogens (primary N) is 1. The highest BCUT2D eigenvalue weighted by Gasteiger charge is 2.22. The van der Waals surface area contributed by atoms with Crippen LogP contribution in [0.4, 0.5) is 20.2 Å². The molecule has 0 unspecified atom stereocenters. The van der Waals surface area contributed by atoms with E-state index >= 15 is 0 Å². The standard InChI is InChI=1S/C14H22F2N4/c1-18(2)5-6-19-7-9-20(10-8-19)14-12(17)4-3-11(15)13(14)16/h3-4H,5-10,17H2,1-2H3. The first kappa shape index (κ1) is 15.0. The van der Waals surface area contributed by atoms with Gasteiger partial charge in [0.15, 0.2) is 11.6 Å². The second-order valence-electron chi connectivity index (χ2n) is 5.43. The molecule has 1 fully saturated rings. The summed E-state index contributed by atoms with van der Waals surface area (Å²) in [6.07, 6.45) is 0. The van der Waals surface area contributed by atoms with E-state index in [0.717, 1.165) is 32.2 Å². The van der Waals surface area contributed by atoms with Crippen LogP contribution in [0, 0.1) is 11.6 Å². The average molecular weight is 284 g/mol. The van der Waals surface area contributed by atoms with Crippen molar-refractivity contribution in [1.29, 1.82) is 0 Å². The van der Waals surface area contributed by atoms with E-state index < -0.39 is 11.6 Å². The highest BCUT2D eigenvalue weighted by Crippen LogP contribution is 2.29. The van der Waals surface area contributed by atoms with Crippen LogP contribution < -0.4 is 10.6 Å². The van der Waals surface area contributed by atoms with Crippen molar-refractivity contribution >= 4 is 11.4 Å². The molecular weight excluding hydrogens is 262 g/mol. The number of rotatable bonds is 4. The Morgan fingerprint density at radius 3 is 2.40 bits per heavy atom. The third-order valence-electron chi connectivity index (χ3n) is 3.65. The largest absolute Gasteiger partial charge is 0.397 e. The fourth-order valence-electron chi connectivity index (χ4n) is 2.41. The van der Waals surface area contributed by atoms with Crippen molar-refractivity contribution < 1.29 is 8.78 Å². The van der Waals surface area contributed by atoms with Crippen LogP contribution in [-0.2, 0) is 0 Å². The number of nitrogens with zero attached hydrogens (tertiary/aromatic N) is 3. The highest BCUT2D eigenvalue weighted by atomic mass is 19.2. The molecule has 0 aromatic heterocycles. The summed E-state index contributed by atoms with van der Waals surface area (Å²) in [4.78, 5) is 6.29. The Kier molecular flexibility index (Phi) is 4.77. The maximum absolute atomic E-state index is 13.9. The summed E-state index contributed by atoms with van der Waals surface area (Å²) in [5.41, 5.74) is 6.29. The molecule has 1 aromatic carbocycles. The Morgan fingerprint density at radius 1 is 1.15 bits per heavy atom. The third kappa shape index (κ3) is 3.37. The van der Waals surface area contributed by atoms with Crippen LogP contribution >= 0.6 is 0 Å². The first-order valence-electron chi connectivity index (χ1n) is 6.84. The molecule has 0 radical (unpaired) electrons. The molecule has 1 aliphatic rings. The smallest absolute Gasteiger partial charge is 0.184 e. The van der Waals surface area contributed by atoms with Gasteiger partial charge in [0, 0.05) is 39.3 Å². The van der Waals surface area contributed by atoms with E-state index in [9.17, 15) is 8.78 Å². The Hall–Kier alpha value is -1.40. The number of hydrogen-bond acceptors (Lipinski definition) is 4. The zero-order chi connectivity index (χ0) is 14.7. The molecule has 0 bridgehead atoms. The molecule has 2 N–H and O–H groups in total. The summed E-state index contributed by atoms with van der Waals surface area (Å²) < 4.78 is 27.2. The van der Waals surface area contributed by atoms with Crippen LogP contribution in [0.1, 0.15) is 0 Å². The molecular formula is C14H22F2N4. The van der Waals surface area contributed by atoms with Crippen molar-refractivity contribution in [3.8, 4) is 0 Å². The van der Waals surface area contributed by atoms with Gasteiger partial charge in [-0.25, -0.2) is 8.78 Å². The molecule has 4 nitrogen and oxygen atoms in total. The monoisotopic (exact) mass is 284 g/mol. The lowest BCUT2D eigenvalue weighted by Gasteiger charge is -2.37. The predicted octanol–water partition coefficient (Wildman–Crippen LogP) is 1.23. The van der Waals surface area contributed by atoms with Crippen LogP contribution in [0.3, 0.4) is 0 Å². The molecule has 6 heteroatoms. The van der Waals surface area contributed by atoms with Gasteiger partial charge in [-0.1, -0.05) is 0 Å². The number of anilines is 2. The average Bonchev–Trinajstić information content (AvgIpc) is 2.42. The van der Waals surface area contributed by atoms with Crippen molar-refractivity contribution in [3.63, 3.8) is 0 Å². The molecule has 2 rings (SSSR count). The lowest BCUT2D eigenvalue weighted by atomic mass is 10.2. The summed E-state index contributed by atoms with van der Waals surface area (Å²) in [6.45, 7) is 4.99. The van der Waals surface area contributed by atoms with E-state index in [2.05, 4.69) is 9.80 Å². The molecule has 1 saturated heterocycles. The minimum Gasteiger partial charge on any atom is -0.397 e. The van der Waals surface area contributed by atoms with Crippen molar-refractivity contribution in [1.82, 2.24) is 9.80 Å².